The van der Waals surface area contributed by atoms with E-state index < -0.39 is 16.8 Å². The molecule has 2 atom stereocenters. The van der Waals surface area contributed by atoms with Crippen LogP contribution in [0, 0.1) is 0 Å². The van der Waals surface area contributed by atoms with Gasteiger partial charge in [-0.25, -0.2) is 4.79 Å². The average Bonchev–Trinajstić information content (AvgIpc) is 2.27. The third-order valence-corrected chi connectivity index (χ3v) is 4.45. The first kappa shape index (κ1) is 13.2. The van der Waals surface area contributed by atoms with Crippen LogP contribution < -0.4 is 0 Å². The number of aromatic carboxylic acids is 1. The van der Waals surface area contributed by atoms with E-state index in [1.807, 2.05) is 13.8 Å². The lowest BCUT2D eigenvalue weighted by molar-refractivity contribution is 0.0697. The summed E-state index contributed by atoms with van der Waals surface area (Å²) in [6.45, 7) is 3.81. The first-order valence-corrected chi connectivity index (χ1v) is 6.49. The van der Waals surface area contributed by atoms with Crippen molar-refractivity contribution in [2.24, 2.45) is 0 Å². The van der Waals surface area contributed by atoms with Crippen LogP contribution in [-0.4, -0.2) is 20.5 Å². The Hall–Kier alpha value is -0.870. The van der Waals surface area contributed by atoms with E-state index in [1.54, 1.807) is 6.07 Å². The highest BCUT2D eigenvalue weighted by atomic mass is 35.5. The van der Waals surface area contributed by atoms with Gasteiger partial charge in [-0.3, -0.25) is 4.21 Å². The predicted octanol–water partition coefficient (Wildman–Crippen LogP) is 2.94. The maximum Gasteiger partial charge on any atom is 0.337 e. The fourth-order valence-corrected chi connectivity index (χ4v) is 2.58. The van der Waals surface area contributed by atoms with E-state index in [2.05, 4.69) is 0 Å². The zero-order valence-corrected chi connectivity index (χ0v) is 10.6. The molecular weight excluding hydrogens is 248 g/mol. The van der Waals surface area contributed by atoms with Crippen molar-refractivity contribution in [2.75, 3.05) is 0 Å². The normalized spacial score (nSPS) is 14.4. The zero-order valence-electron chi connectivity index (χ0n) is 9.07. The Kier molecular flexibility index (Phi) is 4.50. The van der Waals surface area contributed by atoms with E-state index in [1.165, 1.54) is 12.1 Å². The van der Waals surface area contributed by atoms with Crippen LogP contribution in [0.25, 0.3) is 0 Å². The minimum Gasteiger partial charge on any atom is -0.478 e. The molecule has 0 aliphatic carbocycles. The SMILES string of the molecule is CCC(C)S(=O)c1ccc(Cl)c(C(=O)O)c1. The molecular formula is C11H13ClO3S. The quantitative estimate of drug-likeness (QED) is 0.906. The van der Waals surface area contributed by atoms with Crippen molar-refractivity contribution in [1.29, 1.82) is 0 Å². The Morgan fingerprint density at radius 3 is 2.69 bits per heavy atom. The molecule has 0 aliphatic rings. The van der Waals surface area contributed by atoms with Crippen molar-refractivity contribution in [1.82, 2.24) is 0 Å². The molecule has 0 amide bonds. The van der Waals surface area contributed by atoms with Gasteiger partial charge in [0.05, 0.1) is 21.4 Å². The third-order valence-electron chi connectivity index (χ3n) is 2.34. The summed E-state index contributed by atoms with van der Waals surface area (Å²) in [7, 11) is -1.19. The summed E-state index contributed by atoms with van der Waals surface area (Å²) in [6.07, 6.45) is 0.775. The molecule has 88 valence electrons. The molecule has 0 fully saturated rings. The highest BCUT2D eigenvalue weighted by Crippen LogP contribution is 2.21. The van der Waals surface area contributed by atoms with Gasteiger partial charge < -0.3 is 5.11 Å². The van der Waals surface area contributed by atoms with Crippen molar-refractivity contribution in [2.45, 2.75) is 30.4 Å². The fourth-order valence-electron chi connectivity index (χ4n) is 1.18. The Labute approximate surface area is 102 Å². The van der Waals surface area contributed by atoms with Crippen LogP contribution >= 0.6 is 11.6 Å². The highest BCUT2D eigenvalue weighted by molar-refractivity contribution is 7.85. The molecule has 0 radical (unpaired) electrons. The average molecular weight is 261 g/mol. The summed E-state index contributed by atoms with van der Waals surface area (Å²) in [4.78, 5) is 11.4. The second-order valence-electron chi connectivity index (χ2n) is 3.46. The molecule has 0 spiro atoms. The van der Waals surface area contributed by atoms with Crippen molar-refractivity contribution in [3.05, 3.63) is 28.8 Å². The van der Waals surface area contributed by atoms with Crippen LogP contribution in [0.15, 0.2) is 23.1 Å². The first-order chi connectivity index (χ1) is 7.47. The van der Waals surface area contributed by atoms with Crippen molar-refractivity contribution in [3.8, 4) is 0 Å². The van der Waals surface area contributed by atoms with Crippen LogP contribution in [0.1, 0.15) is 30.6 Å². The van der Waals surface area contributed by atoms with Crippen molar-refractivity contribution < 1.29 is 14.1 Å². The van der Waals surface area contributed by atoms with Crippen LogP contribution in [0.5, 0.6) is 0 Å². The lowest BCUT2D eigenvalue weighted by Gasteiger charge is -2.09. The molecule has 1 rings (SSSR count). The van der Waals surface area contributed by atoms with E-state index in [4.69, 9.17) is 16.7 Å². The zero-order chi connectivity index (χ0) is 12.3. The van der Waals surface area contributed by atoms with Crippen molar-refractivity contribution >= 4 is 28.4 Å². The van der Waals surface area contributed by atoms with E-state index in [0.29, 0.717) is 4.90 Å². The van der Waals surface area contributed by atoms with Gasteiger partial charge in [0, 0.05) is 10.1 Å². The largest absolute Gasteiger partial charge is 0.478 e. The topological polar surface area (TPSA) is 54.4 Å². The highest BCUT2D eigenvalue weighted by Gasteiger charge is 2.15. The summed E-state index contributed by atoms with van der Waals surface area (Å²) < 4.78 is 11.9. The Morgan fingerprint density at radius 2 is 2.19 bits per heavy atom. The smallest absolute Gasteiger partial charge is 0.337 e. The maximum atomic E-state index is 11.9. The molecule has 0 aromatic heterocycles. The van der Waals surface area contributed by atoms with Gasteiger partial charge in [-0.2, -0.15) is 0 Å². The Bertz CT molecular complexity index is 431. The first-order valence-electron chi connectivity index (χ1n) is 4.90. The molecule has 1 N–H and O–H groups in total. The molecule has 0 bridgehead atoms. The van der Waals surface area contributed by atoms with Gasteiger partial charge in [0.25, 0.3) is 0 Å². The number of halogens is 1. The van der Waals surface area contributed by atoms with Crippen LogP contribution in [-0.2, 0) is 10.8 Å². The second-order valence-corrected chi connectivity index (χ2v) is 5.74. The number of hydrogen-bond acceptors (Lipinski definition) is 2. The van der Waals surface area contributed by atoms with Gasteiger partial charge >= 0.3 is 5.97 Å². The van der Waals surface area contributed by atoms with Crippen LogP contribution in [0.3, 0.4) is 0 Å². The third kappa shape index (κ3) is 2.83. The number of carboxylic acid groups (broad SMARTS) is 1. The van der Waals surface area contributed by atoms with E-state index >= 15 is 0 Å². The predicted molar refractivity (Wildman–Crippen MR) is 64.6 cm³/mol. The molecule has 5 heteroatoms. The van der Waals surface area contributed by atoms with Gasteiger partial charge in [-0.1, -0.05) is 25.4 Å². The van der Waals surface area contributed by atoms with Crippen LogP contribution in [0.4, 0.5) is 0 Å². The molecule has 0 heterocycles. The van der Waals surface area contributed by atoms with Gasteiger partial charge in [0.2, 0.25) is 0 Å². The van der Waals surface area contributed by atoms with Crippen molar-refractivity contribution in [3.63, 3.8) is 0 Å². The lowest BCUT2D eigenvalue weighted by Crippen LogP contribution is -2.10. The standard InChI is InChI=1S/C11H13ClO3S/c1-3-7(2)16(15)8-4-5-10(12)9(6-8)11(13)14/h4-7H,3H2,1-2H3,(H,13,14). The van der Waals surface area contributed by atoms with E-state index in [9.17, 15) is 9.00 Å². The fraction of sp³-hybridized carbons (Fsp3) is 0.364. The van der Waals surface area contributed by atoms with E-state index in [0.717, 1.165) is 6.42 Å². The summed E-state index contributed by atoms with van der Waals surface area (Å²) in [6, 6.07) is 4.46. The van der Waals surface area contributed by atoms with Gasteiger partial charge in [0.15, 0.2) is 0 Å². The molecule has 0 saturated carbocycles. The Balaban J connectivity index is 3.13. The number of carboxylic acids is 1. The number of carbonyl (C=O) groups is 1. The van der Waals surface area contributed by atoms with Gasteiger partial charge in [-0.05, 0) is 24.6 Å². The molecule has 2 unspecified atom stereocenters. The molecule has 1 aromatic rings. The molecule has 1 aromatic carbocycles. The van der Waals surface area contributed by atoms with Crippen LogP contribution in [0.2, 0.25) is 5.02 Å². The minimum absolute atomic E-state index is 0.00261. The van der Waals surface area contributed by atoms with E-state index in [-0.39, 0.29) is 15.8 Å². The number of benzene rings is 1. The number of hydrogen-bond donors (Lipinski definition) is 1. The minimum atomic E-state index is -1.19. The monoisotopic (exact) mass is 260 g/mol. The summed E-state index contributed by atoms with van der Waals surface area (Å²) in [5, 5.41) is 9.05. The van der Waals surface area contributed by atoms with Gasteiger partial charge in [-0.15, -0.1) is 0 Å². The Morgan fingerprint density at radius 1 is 1.56 bits per heavy atom. The molecule has 3 nitrogen and oxygen atoms in total. The lowest BCUT2D eigenvalue weighted by atomic mass is 10.2. The number of rotatable bonds is 4. The summed E-state index contributed by atoms with van der Waals surface area (Å²) in [5.74, 6) is -1.10. The molecule has 16 heavy (non-hydrogen) atoms. The summed E-state index contributed by atoms with van der Waals surface area (Å²) >= 11 is 5.73. The maximum absolute atomic E-state index is 11.9. The van der Waals surface area contributed by atoms with Gasteiger partial charge in [0.1, 0.15) is 0 Å². The molecule has 0 aliphatic heterocycles. The second kappa shape index (κ2) is 5.46. The molecule has 0 saturated heterocycles. The summed E-state index contributed by atoms with van der Waals surface area (Å²) in [5.41, 5.74) is -0.00387.